The van der Waals surface area contributed by atoms with Crippen molar-refractivity contribution in [3.63, 3.8) is 0 Å². The number of hydrogen-bond acceptors (Lipinski definition) is 4. The monoisotopic (exact) mass is 200 g/mol. The standard InChI is InChI=1S/C9H12O3S/c1-3-11-8-7(5-10)6-13-9(8)12-4-2/h5-6H,3-4H2,1-2H3. The molecular weight excluding hydrogens is 188 g/mol. The molecule has 1 heterocycles. The quantitative estimate of drug-likeness (QED) is 0.684. The first-order valence-electron chi connectivity index (χ1n) is 4.15. The summed E-state index contributed by atoms with van der Waals surface area (Å²) in [6.45, 7) is 4.90. The van der Waals surface area contributed by atoms with Crippen LogP contribution in [0.15, 0.2) is 5.38 Å². The lowest BCUT2D eigenvalue weighted by atomic mass is 10.3. The normalized spacial score (nSPS) is 9.69. The van der Waals surface area contributed by atoms with Crippen LogP contribution in [0.1, 0.15) is 24.2 Å². The minimum Gasteiger partial charge on any atom is -0.488 e. The van der Waals surface area contributed by atoms with Crippen LogP contribution in [0, 0.1) is 0 Å². The summed E-state index contributed by atoms with van der Waals surface area (Å²) in [6, 6.07) is 0. The highest BCUT2D eigenvalue weighted by molar-refractivity contribution is 7.12. The molecule has 72 valence electrons. The van der Waals surface area contributed by atoms with Crippen LogP contribution in [0.25, 0.3) is 0 Å². The van der Waals surface area contributed by atoms with E-state index in [1.165, 1.54) is 11.3 Å². The van der Waals surface area contributed by atoms with Gasteiger partial charge in [-0.15, -0.1) is 11.3 Å². The molecule has 0 amide bonds. The molecule has 0 aliphatic rings. The van der Waals surface area contributed by atoms with E-state index in [0.29, 0.717) is 29.6 Å². The van der Waals surface area contributed by atoms with Crippen molar-refractivity contribution in [3.8, 4) is 10.8 Å². The molecule has 4 heteroatoms. The lowest BCUT2D eigenvalue weighted by Gasteiger charge is -2.05. The third kappa shape index (κ3) is 2.21. The number of thiophene rings is 1. The molecule has 1 aromatic heterocycles. The molecule has 0 N–H and O–H groups in total. The Kier molecular flexibility index (Phi) is 3.76. The molecule has 0 radical (unpaired) electrons. The molecule has 13 heavy (non-hydrogen) atoms. The van der Waals surface area contributed by atoms with E-state index < -0.39 is 0 Å². The highest BCUT2D eigenvalue weighted by Gasteiger charge is 2.12. The van der Waals surface area contributed by atoms with Gasteiger partial charge >= 0.3 is 0 Å². The molecule has 0 aliphatic carbocycles. The first-order chi connectivity index (χ1) is 6.33. The van der Waals surface area contributed by atoms with Crippen LogP contribution in [-0.2, 0) is 0 Å². The zero-order chi connectivity index (χ0) is 9.68. The maximum Gasteiger partial charge on any atom is 0.217 e. The largest absolute Gasteiger partial charge is 0.488 e. The number of aldehydes is 1. The first kappa shape index (κ1) is 10.1. The van der Waals surface area contributed by atoms with Gasteiger partial charge in [-0.05, 0) is 13.8 Å². The fourth-order valence-corrected chi connectivity index (χ4v) is 1.81. The molecular formula is C9H12O3S. The lowest BCUT2D eigenvalue weighted by molar-refractivity contribution is 0.111. The van der Waals surface area contributed by atoms with Gasteiger partial charge in [0, 0.05) is 5.38 Å². The Hall–Kier alpha value is -1.03. The molecule has 1 rings (SSSR count). The highest BCUT2D eigenvalue weighted by Crippen LogP contribution is 2.37. The summed E-state index contributed by atoms with van der Waals surface area (Å²) in [4.78, 5) is 10.6. The van der Waals surface area contributed by atoms with Crippen LogP contribution in [-0.4, -0.2) is 19.5 Å². The molecule has 0 bridgehead atoms. The van der Waals surface area contributed by atoms with Gasteiger partial charge in [-0.2, -0.15) is 0 Å². The van der Waals surface area contributed by atoms with Crippen LogP contribution in [0.5, 0.6) is 10.8 Å². The Balaban J connectivity index is 2.91. The summed E-state index contributed by atoms with van der Waals surface area (Å²) in [5.74, 6) is 0.573. The first-order valence-corrected chi connectivity index (χ1v) is 5.03. The summed E-state index contributed by atoms with van der Waals surface area (Å²) in [5, 5.41) is 2.43. The maximum atomic E-state index is 10.6. The second-order valence-corrected chi connectivity index (χ2v) is 3.13. The smallest absolute Gasteiger partial charge is 0.217 e. The second kappa shape index (κ2) is 4.87. The Morgan fingerprint density at radius 3 is 2.62 bits per heavy atom. The predicted octanol–water partition coefficient (Wildman–Crippen LogP) is 2.36. The van der Waals surface area contributed by atoms with E-state index in [4.69, 9.17) is 9.47 Å². The van der Waals surface area contributed by atoms with Crippen molar-refractivity contribution in [2.24, 2.45) is 0 Å². The van der Waals surface area contributed by atoms with Crippen molar-refractivity contribution < 1.29 is 14.3 Å². The minimum absolute atomic E-state index is 0.539. The Morgan fingerprint density at radius 1 is 1.38 bits per heavy atom. The maximum absolute atomic E-state index is 10.6. The molecule has 0 unspecified atom stereocenters. The van der Waals surface area contributed by atoms with Gasteiger partial charge in [-0.1, -0.05) is 0 Å². The van der Waals surface area contributed by atoms with Gasteiger partial charge in [-0.3, -0.25) is 4.79 Å². The summed E-state index contributed by atoms with van der Waals surface area (Å²) in [7, 11) is 0. The number of rotatable bonds is 5. The van der Waals surface area contributed by atoms with Gasteiger partial charge in [0.25, 0.3) is 0 Å². The van der Waals surface area contributed by atoms with Crippen molar-refractivity contribution in [1.82, 2.24) is 0 Å². The van der Waals surface area contributed by atoms with Crippen molar-refractivity contribution >= 4 is 17.6 Å². The molecule has 0 saturated heterocycles. The minimum atomic E-state index is 0.539. The summed E-state index contributed by atoms with van der Waals surface area (Å²) >= 11 is 1.39. The fourth-order valence-electron chi connectivity index (χ4n) is 0.940. The van der Waals surface area contributed by atoms with Gasteiger partial charge in [-0.25, -0.2) is 0 Å². The van der Waals surface area contributed by atoms with E-state index in [2.05, 4.69) is 0 Å². The average molecular weight is 200 g/mol. The Bertz CT molecular complexity index is 280. The number of carbonyl (C=O) groups is 1. The van der Waals surface area contributed by atoms with Gasteiger partial charge in [0.1, 0.15) is 0 Å². The number of ether oxygens (including phenoxy) is 2. The van der Waals surface area contributed by atoms with E-state index in [1.807, 2.05) is 13.8 Å². The topological polar surface area (TPSA) is 35.5 Å². The van der Waals surface area contributed by atoms with Crippen LogP contribution in [0.2, 0.25) is 0 Å². The van der Waals surface area contributed by atoms with Crippen molar-refractivity contribution in [3.05, 3.63) is 10.9 Å². The third-order valence-electron chi connectivity index (χ3n) is 1.43. The van der Waals surface area contributed by atoms with Crippen LogP contribution in [0.4, 0.5) is 0 Å². The van der Waals surface area contributed by atoms with Crippen molar-refractivity contribution in [1.29, 1.82) is 0 Å². The van der Waals surface area contributed by atoms with E-state index >= 15 is 0 Å². The van der Waals surface area contributed by atoms with E-state index in [-0.39, 0.29) is 0 Å². The molecule has 3 nitrogen and oxygen atoms in total. The fraction of sp³-hybridized carbons (Fsp3) is 0.444. The molecule has 0 saturated carbocycles. The SMILES string of the molecule is CCOc1scc(C=O)c1OCC. The molecule has 0 aliphatic heterocycles. The van der Waals surface area contributed by atoms with Crippen LogP contribution in [0.3, 0.4) is 0 Å². The number of carbonyl (C=O) groups excluding carboxylic acids is 1. The molecule has 0 aromatic carbocycles. The highest BCUT2D eigenvalue weighted by atomic mass is 32.1. The zero-order valence-corrected chi connectivity index (χ0v) is 8.52. The van der Waals surface area contributed by atoms with E-state index in [1.54, 1.807) is 5.38 Å². The molecule has 0 fully saturated rings. The van der Waals surface area contributed by atoms with Crippen LogP contribution < -0.4 is 9.47 Å². The van der Waals surface area contributed by atoms with E-state index in [9.17, 15) is 4.79 Å². The van der Waals surface area contributed by atoms with Crippen molar-refractivity contribution in [2.45, 2.75) is 13.8 Å². The average Bonchev–Trinajstić information content (AvgIpc) is 2.50. The Morgan fingerprint density at radius 2 is 2.08 bits per heavy atom. The number of hydrogen-bond donors (Lipinski definition) is 0. The van der Waals surface area contributed by atoms with Gasteiger partial charge in [0.15, 0.2) is 12.0 Å². The summed E-state index contributed by atoms with van der Waals surface area (Å²) in [5.41, 5.74) is 0.565. The van der Waals surface area contributed by atoms with Crippen LogP contribution >= 0.6 is 11.3 Å². The van der Waals surface area contributed by atoms with E-state index in [0.717, 1.165) is 6.29 Å². The zero-order valence-electron chi connectivity index (χ0n) is 7.70. The third-order valence-corrected chi connectivity index (χ3v) is 2.32. The van der Waals surface area contributed by atoms with Gasteiger partial charge in [0.05, 0.1) is 18.8 Å². The van der Waals surface area contributed by atoms with Gasteiger partial charge in [0.2, 0.25) is 5.06 Å². The molecule has 1 aromatic rings. The van der Waals surface area contributed by atoms with Crippen molar-refractivity contribution in [2.75, 3.05) is 13.2 Å². The summed E-state index contributed by atoms with van der Waals surface area (Å²) in [6.07, 6.45) is 0.782. The Labute approximate surface area is 81.3 Å². The molecule has 0 atom stereocenters. The lowest BCUT2D eigenvalue weighted by Crippen LogP contribution is -1.97. The summed E-state index contributed by atoms with van der Waals surface area (Å²) < 4.78 is 10.6. The predicted molar refractivity (Wildman–Crippen MR) is 52.0 cm³/mol. The second-order valence-electron chi connectivity index (χ2n) is 2.29. The molecule has 0 spiro atoms. The van der Waals surface area contributed by atoms with Gasteiger partial charge < -0.3 is 9.47 Å².